The highest BCUT2D eigenvalue weighted by atomic mass is 35.5. The summed E-state index contributed by atoms with van der Waals surface area (Å²) in [6.07, 6.45) is 4.04. The van der Waals surface area contributed by atoms with Gasteiger partial charge in [0.15, 0.2) is 0 Å². The molecule has 3 heteroatoms. The lowest BCUT2D eigenvalue weighted by atomic mass is 9.78. The normalized spacial score (nSPS) is 13.8. The van der Waals surface area contributed by atoms with Crippen molar-refractivity contribution in [2.24, 2.45) is 0 Å². The van der Waals surface area contributed by atoms with Crippen molar-refractivity contribution in [1.82, 2.24) is 4.98 Å². The second kappa shape index (κ2) is 5.54. The lowest BCUT2D eigenvalue weighted by Crippen LogP contribution is -2.32. The van der Waals surface area contributed by atoms with E-state index >= 15 is 0 Å². The predicted molar refractivity (Wildman–Crippen MR) is 77.3 cm³/mol. The van der Waals surface area contributed by atoms with E-state index in [1.54, 1.807) is 12.4 Å². The molecule has 0 spiro atoms. The molecule has 0 amide bonds. The Morgan fingerprint density at radius 2 is 2.11 bits per heavy atom. The van der Waals surface area contributed by atoms with E-state index in [1.807, 2.05) is 50.2 Å². The van der Waals surface area contributed by atoms with Gasteiger partial charge in [0.05, 0.1) is 5.41 Å². The lowest BCUT2D eigenvalue weighted by Gasteiger charge is -2.26. The maximum Gasteiger partial charge on any atom is 0.232 e. The number of carbonyl (C=O) groups excluding carboxylic acids is 1. The summed E-state index contributed by atoms with van der Waals surface area (Å²) in [6.45, 7) is 3.89. The number of pyridine rings is 1. The number of aromatic nitrogens is 1. The average molecular weight is 274 g/mol. The van der Waals surface area contributed by atoms with Crippen LogP contribution in [0.3, 0.4) is 0 Å². The van der Waals surface area contributed by atoms with Gasteiger partial charge < -0.3 is 0 Å². The smallest absolute Gasteiger partial charge is 0.232 e. The van der Waals surface area contributed by atoms with Crippen LogP contribution in [0.4, 0.5) is 0 Å². The van der Waals surface area contributed by atoms with Crippen LogP contribution in [0.25, 0.3) is 0 Å². The van der Waals surface area contributed by atoms with Crippen molar-refractivity contribution in [1.29, 1.82) is 0 Å². The zero-order chi connectivity index (χ0) is 13.9. The molecule has 1 unspecified atom stereocenters. The van der Waals surface area contributed by atoms with Crippen LogP contribution in [-0.4, -0.2) is 10.2 Å². The number of halogens is 1. The third-order valence-electron chi connectivity index (χ3n) is 3.37. The van der Waals surface area contributed by atoms with Crippen LogP contribution in [0.2, 0.25) is 0 Å². The van der Waals surface area contributed by atoms with E-state index in [2.05, 4.69) is 4.98 Å². The zero-order valence-electron chi connectivity index (χ0n) is 11.1. The quantitative estimate of drug-likeness (QED) is 0.796. The fourth-order valence-corrected chi connectivity index (χ4v) is 2.36. The van der Waals surface area contributed by atoms with Crippen molar-refractivity contribution >= 4 is 16.8 Å². The van der Waals surface area contributed by atoms with Gasteiger partial charge in [-0.2, -0.15) is 0 Å². The van der Waals surface area contributed by atoms with Gasteiger partial charge in [-0.15, -0.1) is 0 Å². The second-order valence-corrected chi connectivity index (χ2v) is 5.36. The maximum absolute atomic E-state index is 11.9. The van der Waals surface area contributed by atoms with E-state index in [1.165, 1.54) is 0 Å². The van der Waals surface area contributed by atoms with Crippen LogP contribution in [-0.2, 0) is 16.6 Å². The highest BCUT2D eigenvalue weighted by Crippen LogP contribution is 2.31. The molecule has 2 rings (SSSR count). The standard InChI is InChI=1S/C16H16ClNO/c1-12-5-3-7-14(9-12)16(2,15(17)19)10-13-6-4-8-18-11-13/h3-9,11H,10H2,1-2H3. The summed E-state index contributed by atoms with van der Waals surface area (Å²) in [7, 11) is 0. The van der Waals surface area contributed by atoms with Crippen molar-refractivity contribution in [3.63, 3.8) is 0 Å². The van der Waals surface area contributed by atoms with Gasteiger partial charge in [0, 0.05) is 12.4 Å². The number of hydrogen-bond donors (Lipinski definition) is 0. The van der Waals surface area contributed by atoms with Crippen LogP contribution >= 0.6 is 11.6 Å². The third-order valence-corrected chi connectivity index (χ3v) is 3.79. The van der Waals surface area contributed by atoms with Crippen LogP contribution in [0.15, 0.2) is 48.8 Å². The Balaban J connectivity index is 2.41. The molecular weight excluding hydrogens is 258 g/mol. The van der Waals surface area contributed by atoms with Crippen molar-refractivity contribution in [3.05, 3.63) is 65.5 Å². The summed E-state index contributed by atoms with van der Waals surface area (Å²) in [6, 6.07) is 11.7. The average Bonchev–Trinajstić information content (AvgIpc) is 2.39. The SMILES string of the molecule is Cc1cccc(C(C)(Cc2cccnc2)C(=O)Cl)c1. The Labute approximate surface area is 118 Å². The van der Waals surface area contributed by atoms with Crippen LogP contribution in [0.5, 0.6) is 0 Å². The molecule has 0 aliphatic rings. The molecule has 2 nitrogen and oxygen atoms in total. The molecule has 0 aliphatic carbocycles. The van der Waals surface area contributed by atoms with Crippen molar-refractivity contribution in [3.8, 4) is 0 Å². The van der Waals surface area contributed by atoms with Crippen molar-refractivity contribution < 1.29 is 4.79 Å². The van der Waals surface area contributed by atoms with E-state index < -0.39 is 5.41 Å². The minimum Gasteiger partial charge on any atom is -0.280 e. The first-order chi connectivity index (χ1) is 9.02. The molecule has 2 aromatic rings. The molecule has 0 aliphatic heterocycles. The van der Waals surface area contributed by atoms with Gasteiger partial charge in [0.1, 0.15) is 0 Å². The van der Waals surface area contributed by atoms with Crippen molar-refractivity contribution in [2.75, 3.05) is 0 Å². The highest BCUT2D eigenvalue weighted by molar-refractivity contribution is 6.65. The van der Waals surface area contributed by atoms with Crippen LogP contribution in [0.1, 0.15) is 23.6 Å². The Morgan fingerprint density at radius 3 is 2.68 bits per heavy atom. The van der Waals surface area contributed by atoms with Gasteiger partial charge in [-0.3, -0.25) is 9.78 Å². The summed E-state index contributed by atoms with van der Waals surface area (Å²) in [5.74, 6) is 0. The first-order valence-electron chi connectivity index (χ1n) is 6.18. The van der Waals surface area contributed by atoms with E-state index in [0.29, 0.717) is 6.42 Å². The zero-order valence-corrected chi connectivity index (χ0v) is 11.8. The molecule has 0 saturated carbocycles. The Bertz CT molecular complexity index is 582. The molecular formula is C16H16ClNO. The summed E-state index contributed by atoms with van der Waals surface area (Å²) in [4.78, 5) is 16.0. The van der Waals surface area contributed by atoms with Gasteiger partial charge in [-0.05, 0) is 49.1 Å². The van der Waals surface area contributed by atoms with Gasteiger partial charge in [-0.25, -0.2) is 0 Å². The molecule has 1 aromatic heterocycles. The predicted octanol–water partition coefficient (Wildman–Crippen LogP) is 3.66. The lowest BCUT2D eigenvalue weighted by molar-refractivity contribution is -0.116. The molecule has 0 saturated heterocycles. The van der Waals surface area contributed by atoms with E-state index in [9.17, 15) is 4.79 Å². The van der Waals surface area contributed by atoms with Crippen LogP contribution < -0.4 is 0 Å². The highest BCUT2D eigenvalue weighted by Gasteiger charge is 2.34. The molecule has 1 atom stereocenters. The number of carbonyl (C=O) groups is 1. The summed E-state index contributed by atoms with van der Waals surface area (Å²) < 4.78 is 0. The van der Waals surface area contributed by atoms with Crippen molar-refractivity contribution in [2.45, 2.75) is 25.7 Å². The Morgan fingerprint density at radius 1 is 1.32 bits per heavy atom. The first kappa shape index (κ1) is 13.8. The molecule has 0 fully saturated rings. The number of aryl methyl sites for hydroxylation is 1. The number of nitrogens with zero attached hydrogens (tertiary/aromatic N) is 1. The van der Waals surface area contributed by atoms with Gasteiger partial charge in [0.2, 0.25) is 5.24 Å². The Hall–Kier alpha value is -1.67. The van der Waals surface area contributed by atoms with E-state index in [0.717, 1.165) is 16.7 Å². The van der Waals surface area contributed by atoms with E-state index in [-0.39, 0.29) is 5.24 Å². The fraction of sp³-hybridized carbons (Fsp3) is 0.250. The first-order valence-corrected chi connectivity index (χ1v) is 6.56. The number of rotatable bonds is 4. The molecule has 98 valence electrons. The Kier molecular flexibility index (Phi) is 4.01. The molecule has 1 aromatic carbocycles. The summed E-state index contributed by atoms with van der Waals surface area (Å²) in [5.41, 5.74) is 2.33. The molecule has 19 heavy (non-hydrogen) atoms. The van der Waals surface area contributed by atoms with Gasteiger partial charge in [0.25, 0.3) is 0 Å². The minimum absolute atomic E-state index is 0.345. The monoisotopic (exact) mass is 273 g/mol. The molecule has 1 heterocycles. The topological polar surface area (TPSA) is 30.0 Å². The third kappa shape index (κ3) is 3.02. The summed E-state index contributed by atoms with van der Waals surface area (Å²) >= 11 is 5.86. The molecule has 0 radical (unpaired) electrons. The second-order valence-electron chi connectivity index (χ2n) is 5.01. The minimum atomic E-state index is -0.726. The number of hydrogen-bond acceptors (Lipinski definition) is 2. The largest absolute Gasteiger partial charge is 0.280 e. The maximum atomic E-state index is 11.9. The van der Waals surface area contributed by atoms with E-state index in [4.69, 9.17) is 11.6 Å². The van der Waals surface area contributed by atoms with Crippen LogP contribution in [0, 0.1) is 6.92 Å². The van der Waals surface area contributed by atoms with Gasteiger partial charge >= 0.3 is 0 Å². The summed E-state index contributed by atoms with van der Waals surface area (Å²) in [5, 5.41) is -0.345. The molecule has 0 N–H and O–H groups in total. The number of benzene rings is 1. The fourth-order valence-electron chi connectivity index (χ4n) is 2.18. The van der Waals surface area contributed by atoms with Gasteiger partial charge in [-0.1, -0.05) is 35.9 Å². The molecule has 0 bridgehead atoms.